The normalized spacial score (nSPS) is 19.3. The van der Waals surface area contributed by atoms with Gasteiger partial charge in [-0.25, -0.2) is 4.79 Å². The summed E-state index contributed by atoms with van der Waals surface area (Å²) in [6.07, 6.45) is 1.16. The average Bonchev–Trinajstić information content (AvgIpc) is 2.78. The Morgan fingerprint density at radius 3 is 2.58 bits per heavy atom. The number of carbonyl (C=O) groups is 1. The minimum absolute atomic E-state index is 0.220. The molecule has 136 valence electrons. The first kappa shape index (κ1) is 18.1. The van der Waals surface area contributed by atoms with Crippen LogP contribution < -0.4 is 10.6 Å². The van der Waals surface area contributed by atoms with E-state index in [1.165, 1.54) is 0 Å². The van der Waals surface area contributed by atoms with E-state index in [-0.39, 0.29) is 6.61 Å². The van der Waals surface area contributed by atoms with E-state index in [0.717, 1.165) is 35.4 Å². The summed E-state index contributed by atoms with van der Waals surface area (Å²) in [7, 11) is 1.89. The lowest BCUT2D eigenvalue weighted by Gasteiger charge is -2.28. The molecule has 0 aromatic heterocycles. The fourth-order valence-corrected chi connectivity index (χ4v) is 3.15. The van der Waals surface area contributed by atoms with Crippen molar-refractivity contribution in [1.29, 1.82) is 0 Å². The Hall–Kier alpha value is -2.66. The number of ether oxygens (including phenoxy) is 1. The summed E-state index contributed by atoms with van der Waals surface area (Å²) >= 11 is 0. The van der Waals surface area contributed by atoms with Gasteiger partial charge in [-0.15, -0.1) is 0 Å². The van der Waals surface area contributed by atoms with Crippen LogP contribution in [-0.4, -0.2) is 30.9 Å². The maximum Gasteiger partial charge on any atom is 0.334 e. The second kappa shape index (κ2) is 8.15. The molecular weight excluding hydrogens is 326 g/mol. The van der Waals surface area contributed by atoms with E-state index in [9.17, 15) is 4.79 Å². The number of fused-ring (bicyclic) bond motifs is 1. The van der Waals surface area contributed by atoms with Gasteiger partial charge in [0.15, 0.2) is 6.04 Å². The Kier molecular flexibility index (Phi) is 5.68. The molecule has 5 heteroatoms. The van der Waals surface area contributed by atoms with Crippen LogP contribution in [0, 0.1) is 0 Å². The van der Waals surface area contributed by atoms with Crippen molar-refractivity contribution in [2.24, 2.45) is 10.7 Å². The third kappa shape index (κ3) is 3.78. The second-order valence-corrected chi connectivity index (χ2v) is 6.48. The van der Waals surface area contributed by atoms with Crippen molar-refractivity contribution in [1.82, 2.24) is 0 Å². The molecule has 2 unspecified atom stereocenters. The van der Waals surface area contributed by atoms with Crippen molar-refractivity contribution in [2.75, 3.05) is 11.9 Å². The van der Waals surface area contributed by atoms with Crippen molar-refractivity contribution in [2.45, 2.75) is 38.6 Å². The lowest BCUT2D eigenvalue weighted by atomic mass is 10.0. The van der Waals surface area contributed by atoms with Gasteiger partial charge in [0, 0.05) is 24.0 Å². The molecule has 1 aliphatic rings. The number of likely N-dealkylation sites (N-methyl/N-ethyl adjacent to an activating group) is 1. The average molecular weight is 351 g/mol. The summed E-state index contributed by atoms with van der Waals surface area (Å²) in [5, 5.41) is 0. The Balaban J connectivity index is 1.86. The van der Waals surface area contributed by atoms with E-state index >= 15 is 0 Å². The van der Waals surface area contributed by atoms with Crippen molar-refractivity contribution in [3.8, 4) is 0 Å². The van der Waals surface area contributed by atoms with Crippen LogP contribution in [0.2, 0.25) is 0 Å². The maximum absolute atomic E-state index is 12.7. The summed E-state index contributed by atoms with van der Waals surface area (Å²) < 4.78 is 5.51. The van der Waals surface area contributed by atoms with E-state index < -0.39 is 18.2 Å². The standard InChI is InChI=1S/C21H25N3O2/c1-3-9-17-16-12-7-8-13-18(16)24(2)20(22)19(23-17)21(25)26-14-15-10-5-4-6-11-15/h4-8,10-13,19-20H,3,9,14,22H2,1-2H3. The zero-order chi connectivity index (χ0) is 18.5. The van der Waals surface area contributed by atoms with Gasteiger partial charge in [0.2, 0.25) is 0 Å². The summed E-state index contributed by atoms with van der Waals surface area (Å²) in [6.45, 7) is 2.32. The van der Waals surface area contributed by atoms with Crippen LogP contribution in [0.25, 0.3) is 0 Å². The van der Waals surface area contributed by atoms with Gasteiger partial charge in [0.1, 0.15) is 12.8 Å². The quantitative estimate of drug-likeness (QED) is 0.841. The summed E-state index contributed by atoms with van der Waals surface area (Å²) in [6, 6.07) is 16.9. The van der Waals surface area contributed by atoms with E-state index in [4.69, 9.17) is 15.5 Å². The molecule has 2 atom stereocenters. The second-order valence-electron chi connectivity index (χ2n) is 6.48. The molecule has 0 fully saturated rings. The Morgan fingerprint density at radius 1 is 1.15 bits per heavy atom. The number of benzodiazepines with no additional fused rings is 1. The topological polar surface area (TPSA) is 67.9 Å². The first-order chi connectivity index (χ1) is 12.6. The number of aliphatic imine (C=N–C) groups is 1. The van der Waals surface area contributed by atoms with Gasteiger partial charge >= 0.3 is 5.97 Å². The minimum atomic E-state index is -0.752. The molecule has 1 aliphatic heterocycles. The van der Waals surface area contributed by atoms with Crippen LogP contribution in [0.15, 0.2) is 59.6 Å². The molecule has 2 N–H and O–H groups in total. The highest BCUT2D eigenvalue weighted by molar-refractivity contribution is 6.07. The predicted octanol–water partition coefficient (Wildman–Crippen LogP) is 3.12. The molecule has 0 aliphatic carbocycles. The highest BCUT2D eigenvalue weighted by Gasteiger charge is 2.34. The fraction of sp³-hybridized carbons (Fsp3) is 0.333. The highest BCUT2D eigenvalue weighted by atomic mass is 16.5. The molecule has 2 aromatic rings. The van der Waals surface area contributed by atoms with Crippen molar-refractivity contribution >= 4 is 17.4 Å². The number of carbonyl (C=O) groups excluding carboxylic acids is 1. The lowest BCUT2D eigenvalue weighted by molar-refractivity contribution is -0.146. The zero-order valence-corrected chi connectivity index (χ0v) is 15.3. The lowest BCUT2D eigenvalue weighted by Crippen LogP contribution is -2.50. The SMILES string of the molecule is CCCC1=NC(C(=O)OCc2ccccc2)C(N)N(C)c2ccccc21. The maximum atomic E-state index is 12.7. The molecule has 0 saturated carbocycles. The van der Waals surface area contributed by atoms with Crippen molar-refractivity contribution in [3.63, 3.8) is 0 Å². The van der Waals surface area contributed by atoms with Crippen molar-refractivity contribution in [3.05, 3.63) is 65.7 Å². The molecular formula is C21H25N3O2. The number of esters is 1. The van der Waals surface area contributed by atoms with E-state index in [1.807, 2.05) is 66.5 Å². The number of para-hydroxylation sites is 1. The van der Waals surface area contributed by atoms with Gasteiger partial charge in [-0.2, -0.15) is 0 Å². The number of nitrogens with zero attached hydrogens (tertiary/aromatic N) is 2. The molecule has 26 heavy (non-hydrogen) atoms. The summed E-state index contributed by atoms with van der Waals surface area (Å²) in [5.41, 5.74) is 10.3. The molecule has 0 bridgehead atoms. The van der Waals surface area contributed by atoms with Crippen LogP contribution in [0.5, 0.6) is 0 Å². The number of hydrogen-bond acceptors (Lipinski definition) is 5. The molecule has 2 aromatic carbocycles. The van der Waals surface area contributed by atoms with Gasteiger partial charge in [0.05, 0.1) is 0 Å². The Labute approximate surface area is 154 Å². The number of benzene rings is 2. The van der Waals surface area contributed by atoms with Gasteiger partial charge in [0.25, 0.3) is 0 Å². The van der Waals surface area contributed by atoms with Crippen molar-refractivity contribution < 1.29 is 9.53 Å². The number of rotatable bonds is 5. The highest BCUT2D eigenvalue weighted by Crippen LogP contribution is 2.27. The van der Waals surface area contributed by atoms with Gasteiger partial charge < -0.3 is 15.4 Å². The number of nitrogens with two attached hydrogens (primary N) is 1. The molecule has 0 radical (unpaired) electrons. The van der Waals surface area contributed by atoms with E-state index in [1.54, 1.807) is 0 Å². The minimum Gasteiger partial charge on any atom is -0.459 e. The molecule has 5 nitrogen and oxygen atoms in total. The Bertz CT molecular complexity index is 789. The predicted molar refractivity (Wildman–Crippen MR) is 104 cm³/mol. The number of hydrogen-bond donors (Lipinski definition) is 1. The van der Waals surface area contributed by atoms with E-state index in [0.29, 0.717) is 0 Å². The smallest absolute Gasteiger partial charge is 0.334 e. The van der Waals surface area contributed by atoms with Crippen LogP contribution >= 0.6 is 0 Å². The fourth-order valence-electron chi connectivity index (χ4n) is 3.15. The number of anilines is 1. The molecule has 0 amide bonds. The summed E-state index contributed by atoms with van der Waals surface area (Å²) in [5.74, 6) is -0.394. The third-order valence-corrected chi connectivity index (χ3v) is 4.61. The molecule has 1 heterocycles. The van der Waals surface area contributed by atoms with E-state index in [2.05, 4.69) is 6.92 Å². The van der Waals surface area contributed by atoms with Crippen LogP contribution in [0.3, 0.4) is 0 Å². The first-order valence-corrected chi connectivity index (χ1v) is 8.97. The zero-order valence-electron chi connectivity index (χ0n) is 15.3. The van der Waals surface area contributed by atoms with Crippen LogP contribution in [-0.2, 0) is 16.1 Å². The largest absolute Gasteiger partial charge is 0.459 e. The Morgan fingerprint density at radius 2 is 1.85 bits per heavy atom. The molecule has 3 rings (SSSR count). The van der Waals surface area contributed by atoms with Crippen LogP contribution in [0.4, 0.5) is 5.69 Å². The molecule has 0 saturated heterocycles. The third-order valence-electron chi connectivity index (χ3n) is 4.61. The first-order valence-electron chi connectivity index (χ1n) is 8.97. The molecule has 0 spiro atoms. The summed E-state index contributed by atoms with van der Waals surface area (Å²) in [4.78, 5) is 19.4. The monoisotopic (exact) mass is 351 g/mol. The van der Waals surface area contributed by atoms with Gasteiger partial charge in [-0.1, -0.05) is 61.9 Å². The van der Waals surface area contributed by atoms with Gasteiger partial charge in [-0.05, 0) is 18.1 Å². The van der Waals surface area contributed by atoms with Gasteiger partial charge in [-0.3, -0.25) is 4.99 Å². The van der Waals surface area contributed by atoms with Crippen LogP contribution in [0.1, 0.15) is 30.9 Å².